The highest BCUT2D eigenvalue weighted by Gasteiger charge is 2.27. The summed E-state index contributed by atoms with van der Waals surface area (Å²) >= 11 is 0. The van der Waals surface area contributed by atoms with Crippen molar-refractivity contribution in [2.24, 2.45) is 5.10 Å². The van der Waals surface area contributed by atoms with E-state index in [4.69, 9.17) is 4.74 Å². The van der Waals surface area contributed by atoms with Crippen molar-refractivity contribution in [2.45, 2.75) is 13.0 Å². The lowest BCUT2D eigenvalue weighted by Crippen LogP contribution is -2.40. The van der Waals surface area contributed by atoms with Gasteiger partial charge in [-0.15, -0.1) is 0 Å². The van der Waals surface area contributed by atoms with Crippen molar-refractivity contribution in [1.29, 1.82) is 0 Å². The van der Waals surface area contributed by atoms with E-state index in [9.17, 15) is 14.4 Å². The third-order valence-electron chi connectivity index (χ3n) is 5.40. The van der Waals surface area contributed by atoms with Crippen LogP contribution in [-0.4, -0.2) is 34.8 Å². The number of nitrogens with zero attached hydrogens (tertiary/aromatic N) is 2. The zero-order chi connectivity index (χ0) is 24.8. The average Bonchev–Trinajstić information content (AvgIpc) is 2.91. The minimum Gasteiger partial charge on any atom is -0.496 e. The van der Waals surface area contributed by atoms with Crippen LogP contribution in [0.25, 0.3) is 10.8 Å². The number of aromatic nitrogens is 2. The molecule has 0 radical (unpaired) electrons. The number of hydrogen-bond donors (Lipinski definition) is 3. The molecular weight excluding hydrogens is 446 g/mol. The third kappa shape index (κ3) is 5.09. The number of rotatable bonds is 7. The molecule has 0 spiro atoms. The maximum Gasteiger partial charge on any atom is 0.272 e. The number of H-pyrrole nitrogens is 1. The Morgan fingerprint density at radius 2 is 1.60 bits per heavy atom. The standard InChI is InChI=1S/C26H23N5O4/c1-16(18-12-8-9-15-21(18)35-2)28-31-26(34)23(27-24(32)17-10-4-3-5-11-17)22-19-13-6-7-14-20(19)25(33)30-29-22/h3-15,23H,1-2H3,(H,27,32)(H,30,33)(H,31,34)/b28-16+. The van der Waals surface area contributed by atoms with E-state index in [1.54, 1.807) is 74.7 Å². The Kier molecular flexibility index (Phi) is 6.96. The predicted molar refractivity (Wildman–Crippen MR) is 132 cm³/mol. The van der Waals surface area contributed by atoms with Gasteiger partial charge in [0.2, 0.25) is 0 Å². The normalized spacial score (nSPS) is 12.1. The van der Waals surface area contributed by atoms with Gasteiger partial charge in [0.15, 0.2) is 6.04 Å². The van der Waals surface area contributed by atoms with Gasteiger partial charge < -0.3 is 10.1 Å². The summed E-state index contributed by atoms with van der Waals surface area (Å²) in [5, 5.41) is 14.2. The zero-order valence-corrected chi connectivity index (χ0v) is 19.1. The molecule has 2 amide bonds. The van der Waals surface area contributed by atoms with E-state index in [0.717, 1.165) is 0 Å². The maximum atomic E-state index is 13.3. The van der Waals surface area contributed by atoms with Crippen LogP contribution in [0.15, 0.2) is 88.8 Å². The van der Waals surface area contributed by atoms with E-state index < -0.39 is 23.4 Å². The number of aromatic amines is 1. The van der Waals surface area contributed by atoms with Crippen molar-refractivity contribution in [2.75, 3.05) is 7.11 Å². The summed E-state index contributed by atoms with van der Waals surface area (Å²) in [6.07, 6.45) is 0. The summed E-state index contributed by atoms with van der Waals surface area (Å²) < 4.78 is 5.36. The van der Waals surface area contributed by atoms with Gasteiger partial charge in [0.05, 0.1) is 18.2 Å². The Bertz CT molecular complexity index is 1460. The number of carbonyl (C=O) groups excluding carboxylic acids is 2. The summed E-state index contributed by atoms with van der Waals surface area (Å²) in [4.78, 5) is 38.5. The van der Waals surface area contributed by atoms with Crippen LogP contribution >= 0.6 is 0 Å². The Morgan fingerprint density at radius 1 is 0.943 bits per heavy atom. The molecule has 9 heteroatoms. The SMILES string of the molecule is COc1ccccc1/C(C)=N/NC(=O)C(NC(=O)c1ccccc1)c1n[nH]c(=O)c2ccccc12. The molecule has 0 aliphatic heterocycles. The molecule has 4 rings (SSSR count). The molecule has 35 heavy (non-hydrogen) atoms. The second kappa shape index (κ2) is 10.4. The Labute approximate surface area is 200 Å². The van der Waals surface area contributed by atoms with Crippen molar-refractivity contribution in [3.05, 3.63) is 106 Å². The van der Waals surface area contributed by atoms with E-state index >= 15 is 0 Å². The molecule has 1 unspecified atom stereocenters. The first kappa shape index (κ1) is 23.4. The van der Waals surface area contributed by atoms with Crippen LogP contribution in [0.3, 0.4) is 0 Å². The first-order valence-electron chi connectivity index (χ1n) is 10.8. The number of ether oxygens (including phenoxy) is 1. The lowest BCUT2D eigenvalue weighted by molar-refractivity contribution is -0.123. The smallest absolute Gasteiger partial charge is 0.272 e. The van der Waals surface area contributed by atoms with Gasteiger partial charge in [0.25, 0.3) is 17.4 Å². The molecule has 0 aliphatic carbocycles. The van der Waals surface area contributed by atoms with E-state index in [-0.39, 0.29) is 5.69 Å². The highest BCUT2D eigenvalue weighted by molar-refractivity contribution is 6.03. The van der Waals surface area contributed by atoms with Crippen LogP contribution in [0.5, 0.6) is 5.75 Å². The van der Waals surface area contributed by atoms with E-state index in [1.807, 2.05) is 18.2 Å². The summed E-state index contributed by atoms with van der Waals surface area (Å²) in [6.45, 7) is 1.73. The molecule has 3 N–H and O–H groups in total. The van der Waals surface area contributed by atoms with Gasteiger partial charge in [0, 0.05) is 16.5 Å². The fraction of sp³-hybridized carbons (Fsp3) is 0.115. The lowest BCUT2D eigenvalue weighted by atomic mass is 10.0. The number of hydrazone groups is 1. The number of carbonyl (C=O) groups is 2. The van der Waals surface area contributed by atoms with Gasteiger partial charge in [-0.3, -0.25) is 14.4 Å². The molecule has 1 atom stereocenters. The minimum atomic E-state index is -1.24. The molecular formula is C26H23N5O4. The number of hydrogen-bond acceptors (Lipinski definition) is 6. The Morgan fingerprint density at radius 3 is 2.34 bits per heavy atom. The minimum absolute atomic E-state index is 0.187. The number of amides is 2. The van der Waals surface area contributed by atoms with Gasteiger partial charge in [-0.1, -0.05) is 48.5 Å². The fourth-order valence-corrected chi connectivity index (χ4v) is 3.63. The zero-order valence-electron chi connectivity index (χ0n) is 19.1. The molecule has 4 aromatic rings. The van der Waals surface area contributed by atoms with Crippen LogP contribution < -0.4 is 21.0 Å². The highest BCUT2D eigenvalue weighted by Crippen LogP contribution is 2.21. The largest absolute Gasteiger partial charge is 0.496 e. The van der Waals surface area contributed by atoms with Gasteiger partial charge >= 0.3 is 0 Å². The van der Waals surface area contributed by atoms with Crippen LogP contribution in [0, 0.1) is 0 Å². The third-order valence-corrected chi connectivity index (χ3v) is 5.40. The summed E-state index contributed by atoms with van der Waals surface area (Å²) in [6, 6.07) is 21.2. The van der Waals surface area contributed by atoms with Gasteiger partial charge in [-0.25, -0.2) is 10.5 Å². The summed E-state index contributed by atoms with van der Waals surface area (Å²) in [7, 11) is 1.55. The molecule has 3 aromatic carbocycles. The number of nitrogens with one attached hydrogen (secondary N) is 3. The monoisotopic (exact) mass is 469 g/mol. The van der Waals surface area contributed by atoms with Crippen molar-refractivity contribution < 1.29 is 14.3 Å². The topological polar surface area (TPSA) is 126 Å². The van der Waals surface area contributed by atoms with Crippen LogP contribution in [-0.2, 0) is 4.79 Å². The highest BCUT2D eigenvalue weighted by atomic mass is 16.5. The molecule has 9 nitrogen and oxygen atoms in total. The van der Waals surface area contributed by atoms with E-state index in [0.29, 0.717) is 33.4 Å². The molecule has 0 saturated carbocycles. The van der Waals surface area contributed by atoms with E-state index in [2.05, 4.69) is 26.0 Å². The first-order valence-corrected chi connectivity index (χ1v) is 10.8. The quantitative estimate of drug-likeness (QED) is 0.283. The molecule has 176 valence electrons. The van der Waals surface area contributed by atoms with Gasteiger partial charge in [0.1, 0.15) is 11.4 Å². The summed E-state index contributed by atoms with van der Waals surface area (Å²) in [5.41, 5.74) is 3.87. The molecule has 1 heterocycles. The number of para-hydroxylation sites is 1. The van der Waals surface area contributed by atoms with E-state index in [1.165, 1.54) is 0 Å². The Balaban J connectivity index is 1.71. The Hall–Kier alpha value is -4.79. The number of fused-ring (bicyclic) bond motifs is 1. The number of methoxy groups -OCH3 is 1. The maximum absolute atomic E-state index is 13.3. The van der Waals surface area contributed by atoms with Crippen LogP contribution in [0.4, 0.5) is 0 Å². The van der Waals surface area contributed by atoms with Crippen LogP contribution in [0.1, 0.15) is 34.6 Å². The second-order valence-corrected chi connectivity index (χ2v) is 7.63. The number of benzene rings is 3. The second-order valence-electron chi connectivity index (χ2n) is 7.63. The average molecular weight is 470 g/mol. The fourth-order valence-electron chi connectivity index (χ4n) is 3.63. The molecule has 1 aromatic heterocycles. The van der Waals surface area contributed by atoms with Gasteiger partial charge in [-0.05, 0) is 37.3 Å². The van der Waals surface area contributed by atoms with Crippen LogP contribution in [0.2, 0.25) is 0 Å². The van der Waals surface area contributed by atoms with Crippen molar-refractivity contribution >= 4 is 28.3 Å². The lowest BCUT2D eigenvalue weighted by Gasteiger charge is -2.18. The molecule has 0 aliphatic rings. The van der Waals surface area contributed by atoms with Crippen molar-refractivity contribution in [3.63, 3.8) is 0 Å². The molecule has 0 saturated heterocycles. The van der Waals surface area contributed by atoms with Crippen molar-refractivity contribution in [1.82, 2.24) is 20.9 Å². The van der Waals surface area contributed by atoms with Gasteiger partial charge in [-0.2, -0.15) is 10.2 Å². The molecule has 0 bridgehead atoms. The predicted octanol–water partition coefficient (Wildman–Crippen LogP) is 2.94. The first-order chi connectivity index (χ1) is 17.0. The van der Waals surface area contributed by atoms with Crippen molar-refractivity contribution in [3.8, 4) is 5.75 Å². The molecule has 0 fully saturated rings. The summed E-state index contributed by atoms with van der Waals surface area (Å²) in [5.74, 6) is -0.508.